The van der Waals surface area contributed by atoms with E-state index in [9.17, 15) is 4.21 Å². The highest BCUT2D eigenvalue weighted by Crippen LogP contribution is 1.92. The minimum Gasteiger partial charge on any atom is -0.499 e. The molecule has 0 aliphatic rings. The summed E-state index contributed by atoms with van der Waals surface area (Å²) in [5, 5.41) is 0. The van der Waals surface area contributed by atoms with Crippen molar-refractivity contribution in [3.05, 3.63) is 12.8 Å². The van der Waals surface area contributed by atoms with Crippen molar-refractivity contribution in [3.8, 4) is 0 Å². The average Bonchev–Trinajstić information content (AvgIpc) is 2.08. The van der Waals surface area contributed by atoms with Gasteiger partial charge in [-0.05, 0) is 6.92 Å². The van der Waals surface area contributed by atoms with Crippen LogP contribution in [0.25, 0.3) is 0 Å². The van der Waals surface area contributed by atoms with Gasteiger partial charge in [0.25, 0.3) is 0 Å². The van der Waals surface area contributed by atoms with E-state index < -0.39 is 11.4 Å². The van der Waals surface area contributed by atoms with E-state index in [1.807, 2.05) is 6.92 Å². The van der Waals surface area contributed by atoms with E-state index >= 15 is 0 Å². The lowest BCUT2D eigenvalue weighted by molar-refractivity contribution is 0.00757. The van der Waals surface area contributed by atoms with Crippen LogP contribution in [-0.2, 0) is 25.0 Å². The van der Waals surface area contributed by atoms with Crippen LogP contribution in [0.2, 0.25) is 0 Å². The maximum atomic E-state index is 10.0. The van der Waals surface area contributed by atoms with Crippen LogP contribution in [0.3, 0.4) is 0 Å². The summed E-state index contributed by atoms with van der Waals surface area (Å²) in [6.07, 6.45) is 1.24. The van der Waals surface area contributed by atoms with Crippen molar-refractivity contribution in [2.45, 2.75) is 13.0 Å². The molecule has 0 amide bonds. The van der Waals surface area contributed by atoms with Crippen LogP contribution in [0, 0.1) is 0 Å². The summed E-state index contributed by atoms with van der Waals surface area (Å²) in [7, 11) is 0. The fourth-order valence-electron chi connectivity index (χ4n) is 0.606. The van der Waals surface area contributed by atoms with E-state index in [-0.39, 0.29) is 19.3 Å². The zero-order chi connectivity index (χ0) is 10.1. The monoisotopic (exact) mass is 210 g/mol. The third-order valence-electron chi connectivity index (χ3n) is 1.12. The molecular weight excluding hydrogens is 196 g/mol. The van der Waals surface area contributed by atoms with Crippen LogP contribution in [0.5, 0.6) is 0 Å². The zero-order valence-corrected chi connectivity index (χ0v) is 8.29. The fraction of sp³-hybridized carbons (Fsp3) is 0.714. The van der Waals surface area contributed by atoms with Gasteiger partial charge in [0, 0.05) is 0 Å². The highest BCUT2D eigenvalue weighted by atomic mass is 32.2. The van der Waals surface area contributed by atoms with Crippen LogP contribution in [0.4, 0.5) is 0 Å². The molecule has 0 bridgehead atoms. The Hall–Kier alpha value is -0.430. The highest BCUT2D eigenvalue weighted by molar-refractivity contribution is 7.74. The summed E-state index contributed by atoms with van der Waals surface area (Å²) in [6.45, 7) is 5.95. The molecule has 0 aliphatic carbocycles. The minimum absolute atomic E-state index is 0.0849. The molecule has 0 saturated carbocycles. The van der Waals surface area contributed by atoms with Crippen LogP contribution in [0.15, 0.2) is 12.8 Å². The van der Waals surface area contributed by atoms with E-state index in [0.717, 1.165) is 0 Å². The molecule has 2 atom stereocenters. The first-order chi connectivity index (χ1) is 6.16. The normalized spacial score (nSPS) is 14.9. The van der Waals surface area contributed by atoms with Gasteiger partial charge in [-0.3, -0.25) is 8.74 Å². The quantitative estimate of drug-likeness (QED) is 0.363. The number of hydrogen-bond donors (Lipinski definition) is 1. The first-order valence-corrected chi connectivity index (χ1v) is 4.78. The van der Waals surface area contributed by atoms with Gasteiger partial charge >= 0.3 is 11.4 Å². The van der Waals surface area contributed by atoms with Gasteiger partial charge in [0.1, 0.15) is 6.61 Å². The molecule has 78 valence electrons. The summed E-state index contributed by atoms with van der Waals surface area (Å²) in [4.78, 5) is 0. The SMILES string of the molecule is C=COCC(C)OCCOS(=O)O. The fourth-order valence-corrected chi connectivity index (χ4v) is 0.817. The summed E-state index contributed by atoms with van der Waals surface area (Å²) in [6, 6.07) is 0. The van der Waals surface area contributed by atoms with E-state index in [4.69, 9.17) is 14.0 Å². The Morgan fingerprint density at radius 3 is 2.85 bits per heavy atom. The molecular formula is C7H14O5S. The lowest BCUT2D eigenvalue weighted by Crippen LogP contribution is -2.17. The molecule has 0 aromatic carbocycles. The summed E-state index contributed by atoms with van der Waals surface area (Å²) in [5.41, 5.74) is 0. The van der Waals surface area contributed by atoms with Gasteiger partial charge in [-0.15, -0.1) is 0 Å². The Bertz CT molecular complexity index is 161. The van der Waals surface area contributed by atoms with Crippen molar-refractivity contribution in [2.75, 3.05) is 19.8 Å². The molecule has 0 rings (SSSR count). The van der Waals surface area contributed by atoms with E-state index in [2.05, 4.69) is 10.8 Å². The molecule has 5 nitrogen and oxygen atoms in total. The Morgan fingerprint density at radius 2 is 2.31 bits per heavy atom. The lowest BCUT2D eigenvalue weighted by Gasteiger charge is -2.11. The van der Waals surface area contributed by atoms with Crippen molar-refractivity contribution in [1.29, 1.82) is 0 Å². The van der Waals surface area contributed by atoms with Crippen LogP contribution >= 0.6 is 0 Å². The molecule has 13 heavy (non-hydrogen) atoms. The first-order valence-electron chi connectivity index (χ1n) is 3.75. The van der Waals surface area contributed by atoms with Gasteiger partial charge in [0.2, 0.25) is 0 Å². The van der Waals surface area contributed by atoms with Crippen molar-refractivity contribution in [3.63, 3.8) is 0 Å². The minimum atomic E-state index is -2.21. The van der Waals surface area contributed by atoms with Gasteiger partial charge < -0.3 is 9.47 Å². The molecule has 0 saturated heterocycles. The number of rotatable bonds is 8. The predicted molar refractivity (Wildman–Crippen MR) is 48.3 cm³/mol. The maximum Gasteiger partial charge on any atom is 0.301 e. The van der Waals surface area contributed by atoms with Gasteiger partial charge in [0.15, 0.2) is 0 Å². The Kier molecular flexibility index (Phi) is 7.91. The second-order valence-electron chi connectivity index (χ2n) is 2.22. The van der Waals surface area contributed by atoms with Gasteiger partial charge in [-0.2, -0.15) is 4.21 Å². The number of hydrogen-bond acceptors (Lipinski definition) is 4. The molecule has 1 N–H and O–H groups in total. The Morgan fingerprint density at radius 1 is 1.62 bits per heavy atom. The van der Waals surface area contributed by atoms with Crippen molar-refractivity contribution >= 4 is 11.4 Å². The van der Waals surface area contributed by atoms with E-state index in [1.54, 1.807) is 0 Å². The molecule has 6 heteroatoms. The molecule has 0 heterocycles. The molecule has 0 aromatic rings. The van der Waals surface area contributed by atoms with Gasteiger partial charge in [-0.1, -0.05) is 6.58 Å². The van der Waals surface area contributed by atoms with E-state index in [1.165, 1.54) is 6.26 Å². The zero-order valence-electron chi connectivity index (χ0n) is 7.47. The smallest absolute Gasteiger partial charge is 0.301 e. The molecule has 0 spiro atoms. The Labute approximate surface area is 80.2 Å². The topological polar surface area (TPSA) is 65.0 Å². The van der Waals surface area contributed by atoms with Crippen LogP contribution in [-0.4, -0.2) is 34.7 Å². The van der Waals surface area contributed by atoms with Crippen molar-refractivity contribution in [1.82, 2.24) is 0 Å². The van der Waals surface area contributed by atoms with Crippen molar-refractivity contribution in [2.24, 2.45) is 0 Å². The third kappa shape index (κ3) is 9.48. The van der Waals surface area contributed by atoms with Crippen molar-refractivity contribution < 1.29 is 22.4 Å². The maximum absolute atomic E-state index is 10.0. The van der Waals surface area contributed by atoms with Gasteiger partial charge in [0.05, 0.1) is 25.6 Å². The first kappa shape index (κ1) is 12.6. The molecule has 0 fully saturated rings. The Balaban J connectivity index is 3.21. The average molecular weight is 210 g/mol. The summed E-state index contributed by atoms with van der Waals surface area (Å²) < 4.78 is 32.6. The molecule has 0 aromatic heterocycles. The van der Waals surface area contributed by atoms with E-state index in [0.29, 0.717) is 6.61 Å². The number of ether oxygens (including phenoxy) is 2. The highest BCUT2D eigenvalue weighted by Gasteiger charge is 2.01. The predicted octanol–water partition coefficient (Wildman–Crippen LogP) is 0.705. The standard InChI is InChI=1S/C7H14O5S/c1-3-10-6-7(2)11-4-5-12-13(8)9/h3,7H,1,4-6H2,2H3,(H,8,9). The second-order valence-corrected chi connectivity index (χ2v) is 2.89. The van der Waals surface area contributed by atoms with Gasteiger partial charge in [-0.25, -0.2) is 0 Å². The molecule has 2 unspecified atom stereocenters. The second kappa shape index (κ2) is 8.18. The summed E-state index contributed by atoms with van der Waals surface area (Å²) in [5.74, 6) is 0. The molecule has 0 aliphatic heterocycles. The van der Waals surface area contributed by atoms with Crippen LogP contribution < -0.4 is 0 Å². The largest absolute Gasteiger partial charge is 0.499 e. The molecule has 0 radical (unpaired) electrons. The van der Waals surface area contributed by atoms with Crippen LogP contribution in [0.1, 0.15) is 6.92 Å². The summed E-state index contributed by atoms with van der Waals surface area (Å²) >= 11 is -2.21. The lowest BCUT2D eigenvalue weighted by atomic mass is 10.4. The third-order valence-corrected chi connectivity index (χ3v) is 1.49.